The summed E-state index contributed by atoms with van der Waals surface area (Å²) in [5.74, 6) is -1.12. The van der Waals surface area contributed by atoms with Crippen LogP contribution in [0.1, 0.15) is 47.2 Å². The van der Waals surface area contributed by atoms with E-state index in [4.69, 9.17) is 4.74 Å². The van der Waals surface area contributed by atoms with Crippen LogP contribution in [0.5, 0.6) is 0 Å². The summed E-state index contributed by atoms with van der Waals surface area (Å²) in [4.78, 5) is 17.0. The van der Waals surface area contributed by atoms with E-state index in [1.165, 1.54) is 4.88 Å². The Morgan fingerprint density at radius 1 is 1.44 bits per heavy atom. The van der Waals surface area contributed by atoms with Crippen molar-refractivity contribution in [2.45, 2.75) is 50.5 Å². The van der Waals surface area contributed by atoms with Crippen molar-refractivity contribution in [3.63, 3.8) is 0 Å². The summed E-state index contributed by atoms with van der Waals surface area (Å²) >= 11 is 1.69. The number of hydrogen-bond donors (Lipinski definition) is 1. The molecule has 1 N–H and O–H groups in total. The Kier molecular flexibility index (Phi) is 3.35. The molecule has 1 saturated heterocycles. The van der Waals surface area contributed by atoms with Crippen LogP contribution in [-0.4, -0.2) is 28.8 Å². The highest BCUT2D eigenvalue weighted by Crippen LogP contribution is 2.35. The van der Waals surface area contributed by atoms with E-state index >= 15 is 0 Å². The second kappa shape index (κ2) is 4.97. The van der Waals surface area contributed by atoms with Gasteiger partial charge in [-0.05, 0) is 32.1 Å². The Bertz CT molecular complexity index is 451. The molecule has 0 bridgehead atoms. The van der Waals surface area contributed by atoms with Crippen molar-refractivity contribution >= 4 is 17.3 Å². The number of rotatable bonds is 3. The van der Waals surface area contributed by atoms with Crippen molar-refractivity contribution in [3.05, 3.63) is 15.6 Å². The fraction of sp³-hybridized carbons (Fsp3) is 0.692. The molecule has 1 fully saturated rings. The van der Waals surface area contributed by atoms with Gasteiger partial charge in [-0.25, -0.2) is 4.98 Å². The molecule has 0 saturated carbocycles. The zero-order valence-electron chi connectivity index (χ0n) is 10.2. The zero-order valence-corrected chi connectivity index (χ0v) is 11.0. The second-order valence-electron chi connectivity index (χ2n) is 5.04. The van der Waals surface area contributed by atoms with Gasteiger partial charge in [0.05, 0.1) is 22.7 Å². The Balaban J connectivity index is 1.79. The van der Waals surface area contributed by atoms with Crippen LogP contribution in [0.15, 0.2) is 0 Å². The number of thiazole rings is 1. The molecule has 18 heavy (non-hydrogen) atoms. The molecule has 3 rings (SSSR count). The van der Waals surface area contributed by atoms with E-state index in [2.05, 4.69) is 4.98 Å². The van der Waals surface area contributed by atoms with Crippen LogP contribution in [0.4, 0.5) is 0 Å². The highest BCUT2D eigenvalue weighted by molar-refractivity contribution is 7.11. The molecule has 2 aliphatic rings. The maximum absolute atomic E-state index is 11.2. The van der Waals surface area contributed by atoms with Crippen LogP contribution in [0.2, 0.25) is 0 Å². The van der Waals surface area contributed by atoms with Gasteiger partial charge in [0.1, 0.15) is 0 Å². The summed E-state index contributed by atoms with van der Waals surface area (Å²) in [5, 5.41) is 10.3. The third kappa shape index (κ3) is 2.29. The second-order valence-corrected chi connectivity index (χ2v) is 6.21. The highest BCUT2D eigenvalue weighted by Gasteiger charge is 2.30. The van der Waals surface area contributed by atoms with Crippen molar-refractivity contribution in [3.8, 4) is 0 Å². The average molecular weight is 267 g/mol. The molecule has 0 radical (unpaired) electrons. The molecule has 98 valence electrons. The van der Waals surface area contributed by atoms with Crippen LogP contribution < -0.4 is 0 Å². The standard InChI is InChI=1S/C13H17NO3S/c15-13(16)9-4-1-5-10-12(9)14-11(18-10)7-8-3-2-6-17-8/h8-9H,1-7H2,(H,15,16). The summed E-state index contributed by atoms with van der Waals surface area (Å²) in [5.41, 5.74) is 0.826. The zero-order chi connectivity index (χ0) is 12.5. The maximum atomic E-state index is 11.2. The highest BCUT2D eigenvalue weighted by atomic mass is 32.1. The van der Waals surface area contributed by atoms with Crippen LogP contribution in [0.25, 0.3) is 0 Å². The topological polar surface area (TPSA) is 59.4 Å². The van der Waals surface area contributed by atoms with E-state index in [1.54, 1.807) is 11.3 Å². The molecule has 1 aliphatic heterocycles. The third-order valence-corrected chi connectivity index (χ3v) is 4.88. The van der Waals surface area contributed by atoms with E-state index in [0.717, 1.165) is 55.8 Å². The van der Waals surface area contributed by atoms with Crippen LogP contribution >= 0.6 is 11.3 Å². The molecule has 0 spiro atoms. The maximum Gasteiger partial charge on any atom is 0.312 e. The molecular weight excluding hydrogens is 250 g/mol. The van der Waals surface area contributed by atoms with Crippen molar-refractivity contribution in [2.75, 3.05) is 6.61 Å². The lowest BCUT2D eigenvalue weighted by Gasteiger charge is -2.16. The molecule has 0 amide bonds. The number of carboxylic acid groups (broad SMARTS) is 1. The van der Waals surface area contributed by atoms with Gasteiger partial charge < -0.3 is 9.84 Å². The van der Waals surface area contributed by atoms with Gasteiger partial charge in [-0.2, -0.15) is 0 Å². The lowest BCUT2D eigenvalue weighted by molar-refractivity contribution is -0.139. The summed E-state index contributed by atoms with van der Waals surface area (Å²) in [6.07, 6.45) is 6.06. The van der Waals surface area contributed by atoms with E-state index in [0.29, 0.717) is 6.10 Å². The Morgan fingerprint density at radius 3 is 3.06 bits per heavy atom. The molecule has 5 heteroatoms. The van der Waals surface area contributed by atoms with E-state index in [1.807, 2.05) is 0 Å². The molecule has 0 aromatic carbocycles. The number of carbonyl (C=O) groups is 1. The molecular formula is C13H17NO3S. The summed E-state index contributed by atoms with van der Waals surface area (Å²) < 4.78 is 5.61. The van der Waals surface area contributed by atoms with Crippen molar-refractivity contribution in [2.24, 2.45) is 0 Å². The minimum atomic E-state index is -0.732. The Morgan fingerprint density at radius 2 is 2.33 bits per heavy atom. The summed E-state index contributed by atoms with van der Waals surface area (Å²) in [6, 6.07) is 0. The molecule has 1 aromatic heterocycles. The van der Waals surface area contributed by atoms with Gasteiger partial charge in [-0.1, -0.05) is 0 Å². The fourth-order valence-electron chi connectivity index (χ4n) is 2.80. The van der Waals surface area contributed by atoms with Gasteiger partial charge in [0.25, 0.3) is 0 Å². The first-order chi connectivity index (χ1) is 8.74. The monoisotopic (exact) mass is 267 g/mol. The predicted molar refractivity (Wildman–Crippen MR) is 68.1 cm³/mol. The van der Waals surface area contributed by atoms with Crippen molar-refractivity contribution < 1.29 is 14.6 Å². The quantitative estimate of drug-likeness (QED) is 0.913. The number of nitrogens with zero attached hydrogens (tertiary/aromatic N) is 1. The molecule has 1 aromatic rings. The summed E-state index contributed by atoms with van der Waals surface area (Å²) in [7, 11) is 0. The Labute approximate surface area is 110 Å². The van der Waals surface area contributed by atoms with Gasteiger partial charge >= 0.3 is 5.97 Å². The third-order valence-electron chi connectivity index (χ3n) is 3.72. The van der Waals surface area contributed by atoms with Crippen LogP contribution in [0, 0.1) is 0 Å². The van der Waals surface area contributed by atoms with Crippen LogP contribution in [-0.2, 0) is 22.4 Å². The largest absolute Gasteiger partial charge is 0.481 e. The SMILES string of the molecule is O=C(O)C1CCCc2sc(CC3CCCO3)nc21. The lowest BCUT2D eigenvalue weighted by Crippen LogP contribution is -2.17. The molecule has 1 aliphatic carbocycles. The first-order valence-electron chi connectivity index (χ1n) is 6.57. The number of aromatic nitrogens is 1. The summed E-state index contributed by atoms with van der Waals surface area (Å²) in [6.45, 7) is 0.855. The van der Waals surface area contributed by atoms with Gasteiger partial charge in [0, 0.05) is 17.9 Å². The number of aliphatic carboxylic acids is 1. The molecule has 2 heterocycles. The van der Waals surface area contributed by atoms with Crippen molar-refractivity contribution in [1.82, 2.24) is 4.98 Å². The van der Waals surface area contributed by atoms with E-state index in [-0.39, 0.29) is 5.92 Å². The number of ether oxygens (including phenoxy) is 1. The van der Waals surface area contributed by atoms with Gasteiger partial charge in [0.15, 0.2) is 0 Å². The smallest absolute Gasteiger partial charge is 0.312 e. The number of fused-ring (bicyclic) bond motifs is 1. The minimum Gasteiger partial charge on any atom is -0.481 e. The van der Waals surface area contributed by atoms with E-state index < -0.39 is 5.97 Å². The van der Waals surface area contributed by atoms with E-state index in [9.17, 15) is 9.90 Å². The minimum absolute atomic E-state index is 0.292. The fourth-order valence-corrected chi connectivity index (χ4v) is 4.03. The lowest BCUT2D eigenvalue weighted by atomic mass is 9.91. The van der Waals surface area contributed by atoms with Crippen molar-refractivity contribution in [1.29, 1.82) is 0 Å². The molecule has 4 nitrogen and oxygen atoms in total. The number of hydrogen-bond acceptors (Lipinski definition) is 4. The number of carboxylic acids is 1. The predicted octanol–water partition coefficient (Wildman–Crippen LogP) is 2.37. The first kappa shape index (κ1) is 12.1. The normalized spacial score (nSPS) is 27.1. The Hall–Kier alpha value is -0.940. The van der Waals surface area contributed by atoms with Gasteiger partial charge in [-0.15, -0.1) is 11.3 Å². The van der Waals surface area contributed by atoms with Crippen LogP contribution in [0.3, 0.4) is 0 Å². The van der Waals surface area contributed by atoms with Gasteiger partial charge in [-0.3, -0.25) is 4.79 Å². The molecule has 2 atom stereocenters. The number of aryl methyl sites for hydroxylation is 1. The van der Waals surface area contributed by atoms with Gasteiger partial charge in [0.2, 0.25) is 0 Å². The first-order valence-corrected chi connectivity index (χ1v) is 7.38. The average Bonchev–Trinajstić information content (AvgIpc) is 2.96. The molecule has 2 unspecified atom stereocenters.